The van der Waals surface area contributed by atoms with Gasteiger partial charge in [-0.3, -0.25) is 4.57 Å². The fraction of sp³-hybridized carbons (Fsp3) is 0.636. The first-order valence-corrected chi connectivity index (χ1v) is 10.9. The summed E-state index contributed by atoms with van der Waals surface area (Å²) in [7, 11) is 0. The molecule has 0 aliphatic carbocycles. The lowest BCUT2D eigenvalue weighted by Gasteiger charge is -2.18. The SMILES string of the molecule is CCCCN(/C=N/c1ncnc2c1ncn2C=C(CCC)CCC)CCCC. The molecule has 2 heterocycles. The van der Waals surface area contributed by atoms with Crippen LogP contribution in [0.4, 0.5) is 5.82 Å². The molecule has 0 atom stereocenters. The number of fused-ring (bicyclic) bond motifs is 1. The molecule has 0 N–H and O–H groups in total. The van der Waals surface area contributed by atoms with Crippen LogP contribution in [-0.4, -0.2) is 43.8 Å². The maximum atomic E-state index is 4.66. The van der Waals surface area contributed by atoms with E-state index in [0.29, 0.717) is 5.82 Å². The van der Waals surface area contributed by atoms with Gasteiger partial charge in [0.2, 0.25) is 0 Å². The molecule has 0 aliphatic heterocycles. The molecule has 0 aromatic carbocycles. The number of aromatic nitrogens is 4. The Kier molecular flexibility index (Phi) is 9.66. The van der Waals surface area contributed by atoms with Gasteiger partial charge in [-0.1, -0.05) is 59.0 Å². The van der Waals surface area contributed by atoms with Crippen molar-refractivity contribution >= 4 is 29.5 Å². The highest BCUT2D eigenvalue weighted by molar-refractivity contribution is 5.84. The fourth-order valence-electron chi connectivity index (χ4n) is 3.21. The molecule has 2 aromatic heterocycles. The molecule has 2 aromatic rings. The predicted molar refractivity (Wildman–Crippen MR) is 119 cm³/mol. The largest absolute Gasteiger partial charge is 0.363 e. The first-order chi connectivity index (χ1) is 13.7. The van der Waals surface area contributed by atoms with E-state index in [9.17, 15) is 0 Å². The van der Waals surface area contributed by atoms with Crippen LogP contribution in [0.3, 0.4) is 0 Å². The third-order valence-electron chi connectivity index (χ3n) is 4.74. The third kappa shape index (κ3) is 6.43. The fourth-order valence-corrected chi connectivity index (χ4v) is 3.21. The smallest absolute Gasteiger partial charge is 0.185 e. The van der Waals surface area contributed by atoms with Crippen LogP contribution in [0.2, 0.25) is 0 Å². The summed E-state index contributed by atoms with van der Waals surface area (Å²) < 4.78 is 2.02. The molecule has 0 spiro atoms. The Balaban J connectivity index is 2.26. The first kappa shape index (κ1) is 22.1. The van der Waals surface area contributed by atoms with Crippen LogP contribution in [0.25, 0.3) is 17.4 Å². The molecule has 0 saturated heterocycles. The predicted octanol–water partition coefficient (Wildman–Crippen LogP) is 5.83. The summed E-state index contributed by atoms with van der Waals surface area (Å²) >= 11 is 0. The van der Waals surface area contributed by atoms with Crippen molar-refractivity contribution in [3.63, 3.8) is 0 Å². The zero-order valence-electron chi connectivity index (χ0n) is 18.1. The Morgan fingerprint density at radius 1 is 0.964 bits per heavy atom. The van der Waals surface area contributed by atoms with Gasteiger partial charge in [-0.2, -0.15) is 0 Å². The Labute approximate surface area is 169 Å². The number of nitrogens with zero attached hydrogens (tertiary/aromatic N) is 6. The molecule has 0 aliphatic rings. The molecule has 0 bridgehead atoms. The summed E-state index contributed by atoms with van der Waals surface area (Å²) in [4.78, 5) is 20.3. The third-order valence-corrected chi connectivity index (χ3v) is 4.74. The van der Waals surface area contributed by atoms with Crippen molar-refractivity contribution in [2.75, 3.05) is 13.1 Å². The average molecular weight is 385 g/mol. The van der Waals surface area contributed by atoms with Crippen molar-refractivity contribution in [1.29, 1.82) is 0 Å². The monoisotopic (exact) mass is 384 g/mol. The van der Waals surface area contributed by atoms with E-state index in [1.165, 1.54) is 31.3 Å². The lowest BCUT2D eigenvalue weighted by atomic mass is 10.1. The lowest BCUT2D eigenvalue weighted by molar-refractivity contribution is 0.409. The molecule has 0 fully saturated rings. The van der Waals surface area contributed by atoms with Crippen molar-refractivity contribution < 1.29 is 0 Å². The van der Waals surface area contributed by atoms with Crippen LogP contribution < -0.4 is 0 Å². The van der Waals surface area contributed by atoms with Gasteiger partial charge in [-0.15, -0.1) is 0 Å². The maximum Gasteiger partial charge on any atom is 0.185 e. The van der Waals surface area contributed by atoms with Crippen LogP contribution in [0.15, 0.2) is 23.2 Å². The summed E-state index contributed by atoms with van der Waals surface area (Å²) in [5, 5.41) is 0. The highest BCUT2D eigenvalue weighted by Gasteiger charge is 2.09. The highest BCUT2D eigenvalue weighted by atomic mass is 15.2. The zero-order valence-corrected chi connectivity index (χ0v) is 18.1. The Morgan fingerprint density at radius 2 is 1.64 bits per heavy atom. The van der Waals surface area contributed by atoms with Gasteiger partial charge in [0.1, 0.15) is 12.7 Å². The van der Waals surface area contributed by atoms with E-state index in [2.05, 4.69) is 58.7 Å². The van der Waals surface area contributed by atoms with Crippen molar-refractivity contribution in [1.82, 2.24) is 24.4 Å². The molecular weight excluding hydrogens is 348 g/mol. The second-order valence-electron chi connectivity index (χ2n) is 7.30. The Morgan fingerprint density at radius 3 is 2.25 bits per heavy atom. The summed E-state index contributed by atoms with van der Waals surface area (Å²) in [6.45, 7) is 10.9. The lowest BCUT2D eigenvalue weighted by Crippen LogP contribution is -2.24. The van der Waals surface area contributed by atoms with Gasteiger partial charge in [0.05, 0.1) is 6.34 Å². The van der Waals surface area contributed by atoms with E-state index >= 15 is 0 Å². The second kappa shape index (κ2) is 12.3. The van der Waals surface area contributed by atoms with Gasteiger partial charge >= 0.3 is 0 Å². The van der Waals surface area contributed by atoms with E-state index < -0.39 is 0 Å². The molecule has 2 rings (SSSR count). The van der Waals surface area contributed by atoms with E-state index in [1.54, 1.807) is 6.33 Å². The number of aliphatic imine (C=N–C) groups is 1. The van der Waals surface area contributed by atoms with Gasteiger partial charge in [-0.25, -0.2) is 19.9 Å². The second-order valence-corrected chi connectivity index (χ2v) is 7.30. The number of imidazole rings is 1. The molecule has 0 unspecified atom stereocenters. The Hall–Kier alpha value is -2.24. The van der Waals surface area contributed by atoms with Gasteiger partial charge in [0, 0.05) is 19.3 Å². The minimum Gasteiger partial charge on any atom is -0.363 e. The number of rotatable bonds is 13. The summed E-state index contributed by atoms with van der Waals surface area (Å²) in [6, 6.07) is 0. The molecule has 0 saturated carbocycles. The van der Waals surface area contributed by atoms with Crippen LogP contribution >= 0.6 is 0 Å². The van der Waals surface area contributed by atoms with Crippen molar-refractivity contribution in [2.45, 2.75) is 79.1 Å². The standard InChI is InChI=1S/C22H36N6/c1-5-9-13-27(14-10-6-2)17-26-21-20-22(24-16-23-21)28(18-25-20)15-19(11-7-3)12-8-4/h15-18H,5-14H2,1-4H3/b26-17+. The Bertz CT molecular complexity index is 745. The molecule has 6 nitrogen and oxygen atoms in total. The maximum absolute atomic E-state index is 4.66. The van der Waals surface area contributed by atoms with Crippen LogP contribution in [-0.2, 0) is 0 Å². The van der Waals surface area contributed by atoms with Crippen LogP contribution in [0.1, 0.15) is 79.1 Å². The van der Waals surface area contributed by atoms with Gasteiger partial charge < -0.3 is 4.90 Å². The summed E-state index contributed by atoms with van der Waals surface area (Å²) in [5.74, 6) is 0.641. The average Bonchev–Trinajstić information content (AvgIpc) is 3.11. The molecule has 6 heteroatoms. The van der Waals surface area contributed by atoms with Gasteiger partial charge in [-0.05, 0) is 25.7 Å². The molecule has 0 radical (unpaired) electrons. The molecular formula is C22H36N6. The number of unbranched alkanes of at least 4 members (excludes halogenated alkanes) is 2. The zero-order chi connectivity index (χ0) is 20.2. The van der Waals surface area contributed by atoms with E-state index in [4.69, 9.17) is 0 Å². The van der Waals surface area contributed by atoms with E-state index in [-0.39, 0.29) is 0 Å². The van der Waals surface area contributed by atoms with Gasteiger partial charge in [0.15, 0.2) is 17.0 Å². The quantitative estimate of drug-likeness (QED) is 0.322. The highest BCUT2D eigenvalue weighted by Crippen LogP contribution is 2.22. The van der Waals surface area contributed by atoms with Gasteiger partial charge in [0.25, 0.3) is 0 Å². The first-order valence-electron chi connectivity index (χ1n) is 10.9. The molecule has 0 amide bonds. The van der Waals surface area contributed by atoms with E-state index in [0.717, 1.165) is 49.9 Å². The normalized spacial score (nSPS) is 11.4. The summed E-state index contributed by atoms with van der Waals surface area (Å²) in [6.07, 6.45) is 16.7. The molecule has 28 heavy (non-hydrogen) atoms. The number of allylic oxidation sites excluding steroid dienone is 1. The van der Waals surface area contributed by atoms with Crippen LogP contribution in [0, 0.1) is 0 Å². The van der Waals surface area contributed by atoms with Crippen molar-refractivity contribution in [3.8, 4) is 0 Å². The van der Waals surface area contributed by atoms with Crippen LogP contribution in [0.5, 0.6) is 0 Å². The van der Waals surface area contributed by atoms with E-state index in [1.807, 2.05) is 17.2 Å². The topological polar surface area (TPSA) is 59.2 Å². The summed E-state index contributed by atoms with van der Waals surface area (Å²) in [5.41, 5.74) is 3.01. The van der Waals surface area contributed by atoms with Crippen molar-refractivity contribution in [2.24, 2.45) is 4.99 Å². The number of hydrogen-bond donors (Lipinski definition) is 0. The molecule has 154 valence electrons. The van der Waals surface area contributed by atoms with Crippen molar-refractivity contribution in [3.05, 3.63) is 18.2 Å². The minimum atomic E-state index is 0.641. The minimum absolute atomic E-state index is 0.641. The number of hydrogen-bond acceptors (Lipinski definition) is 4.